The first kappa shape index (κ1) is 17.6. The molecule has 2 saturated heterocycles. The van der Waals surface area contributed by atoms with Crippen molar-refractivity contribution in [1.29, 1.82) is 0 Å². The maximum absolute atomic E-state index is 12.9. The van der Waals surface area contributed by atoms with Gasteiger partial charge in [-0.05, 0) is 38.3 Å². The molecule has 0 unspecified atom stereocenters. The van der Waals surface area contributed by atoms with Crippen molar-refractivity contribution >= 4 is 17.5 Å². The van der Waals surface area contributed by atoms with Crippen molar-refractivity contribution < 1.29 is 19.1 Å². The van der Waals surface area contributed by atoms with Crippen molar-refractivity contribution in [1.82, 2.24) is 4.90 Å². The maximum Gasteiger partial charge on any atom is 0.228 e. The number of amides is 2. The Balaban J connectivity index is 1.77. The standard InChI is InChI=1S/C19H26N2O4/c1-13-6-4-5-9-20(13)19(23)14-10-18(22)21(12-14)16-8-7-15(24-2)11-17(16)25-3/h7-8,11,13-14H,4-6,9-10,12H2,1-3H3/t13-,14+/m1/s1. The van der Waals surface area contributed by atoms with Crippen LogP contribution >= 0.6 is 0 Å². The van der Waals surface area contributed by atoms with Gasteiger partial charge in [0, 0.05) is 31.6 Å². The Morgan fingerprint density at radius 3 is 2.68 bits per heavy atom. The number of rotatable bonds is 4. The fraction of sp³-hybridized carbons (Fsp3) is 0.579. The predicted molar refractivity (Wildman–Crippen MR) is 95.0 cm³/mol. The van der Waals surface area contributed by atoms with Crippen molar-refractivity contribution in [3.05, 3.63) is 18.2 Å². The molecule has 25 heavy (non-hydrogen) atoms. The molecular weight excluding hydrogens is 320 g/mol. The van der Waals surface area contributed by atoms with E-state index < -0.39 is 0 Å². The zero-order valence-electron chi connectivity index (χ0n) is 15.2. The van der Waals surface area contributed by atoms with Crippen LogP contribution in [0.4, 0.5) is 5.69 Å². The second-order valence-corrected chi connectivity index (χ2v) is 6.82. The highest BCUT2D eigenvalue weighted by molar-refractivity contribution is 6.01. The monoisotopic (exact) mass is 346 g/mol. The highest BCUT2D eigenvalue weighted by Gasteiger charge is 2.39. The summed E-state index contributed by atoms with van der Waals surface area (Å²) in [6, 6.07) is 5.63. The average Bonchev–Trinajstić information content (AvgIpc) is 3.02. The minimum atomic E-state index is -0.278. The van der Waals surface area contributed by atoms with Crippen LogP contribution in [0.2, 0.25) is 0 Å². The van der Waals surface area contributed by atoms with Gasteiger partial charge in [0.2, 0.25) is 11.8 Å². The third-order valence-electron chi connectivity index (χ3n) is 5.24. The van der Waals surface area contributed by atoms with E-state index >= 15 is 0 Å². The number of likely N-dealkylation sites (tertiary alicyclic amines) is 1. The molecule has 0 saturated carbocycles. The predicted octanol–water partition coefficient (Wildman–Crippen LogP) is 2.46. The molecule has 1 aromatic carbocycles. The van der Waals surface area contributed by atoms with E-state index in [0.29, 0.717) is 23.7 Å². The van der Waals surface area contributed by atoms with Crippen LogP contribution in [0.5, 0.6) is 11.5 Å². The lowest BCUT2D eigenvalue weighted by atomic mass is 9.99. The van der Waals surface area contributed by atoms with E-state index in [1.54, 1.807) is 31.3 Å². The maximum atomic E-state index is 12.9. The Labute approximate surface area is 148 Å². The van der Waals surface area contributed by atoms with Gasteiger partial charge in [0.15, 0.2) is 0 Å². The van der Waals surface area contributed by atoms with E-state index in [2.05, 4.69) is 6.92 Å². The van der Waals surface area contributed by atoms with Gasteiger partial charge in [-0.15, -0.1) is 0 Å². The third-order valence-corrected chi connectivity index (χ3v) is 5.24. The molecule has 0 aromatic heterocycles. The van der Waals surface area contributed by atoms with E-state index in [4.69, 9.17) is 9.47 Å². The molecule has 2 heterocycles. The van der Waals surface area contributed by atoms with Crippen LogP contribution in [0.1, 0.15) is 32.6 Å². The molecule has 0 bridgehead atoms. The first-order chi connectivity index (χ1) is 12.0. The van der Waals surface area contributed by atoms with Gasteiger partial charge in [-0.3, -0.25) is 9.59 Å². The fourth-order valence-corrected chi connectivity index (χ4v) is 3.77. The van der Waals surface area contributed by atoms with Gasteiger partial charge in [0.05, 0.1) is 25.8 Å². The van der Waals surface area contributed by atoms with Crippen LogP contribution in [0, 0.1) is 5.92 Å². The van der Waals surface area contributed by atoms with Crippen molar-refractivity contribution in [2.24, 2.45) is 5.92 Å². The Kier molecular flexibility index (Phi) is 5.16. The molecule has 0 aliphatic carbocycles. The van der Waals surface area contributed by atoms with Crippen LogP contribution in [0.3, 0.4) is 0 Å². The van der Waals surface area contributed by atoms with E-state index in [1.807, 2.05) is 11.0 Å². The number of piperidine rings is 1. The molecular formula is C19H26N2O4. The summed E-state index contributed by atoms with van der Waals surface area (Å²) >= 11 is 0. The van der Waals surface area contributed by atoms with E-state index in [-0.39, 0.29) is 30.2 Å². The molecule has 2 aliphatic rings. The lowest BCUT2D eigenvalue weighted by molar-refractivity contribution is -0.139. The fourth-order valence-electron chi connectivity index (χ4n) is 3.77. The van der Waals surface area contributed by atoms with Gasteiger partial charge in [0.25, 0.3) is 0 Å². The number of hydrogen-bond donors (Lipinski definition) is 0. The molecule has 2 fully saturated rings. The number of hydrogen-bond acceptors (Lipinski definition) is 4. The Hall–Kier alpha value is -2.24. The van der Waals surface area contributed by atoms with Crippen LogP contribution < -0.4 is 14.4 Å². The summed E-state index contributed by atoms with van der Waals surface area (Å²) < 4.78 is 10.6. The van der Waals surface area contributed by atoms with Gasteiger partial charge in [-0.25, -0.2) is 0 Å². The van der Waals surface area contributed by atoms with Gasteiger partial charge >= 0.3 is 0 Å². The molecule has 136 valence electrons. The van der Waals surface area contributed by atoms with E-state index in [1.165, 1.54) is 6.42 Å². The lowest BCUT2D eigenvalue weighted by Gasteiger charge is -2.35. The van der Waals surface area contributed by atoms with Crippen molar-refractivity contribution in [2.45, 2.75) is 38.6 Å². The van der Waals surface area contributed by atoms with E-state index in [0.717, 1.165) is 19.4 Å². The van der Waals surface area contributed by atoms with Gasteiger partial charge in [-0.2, -0.15) is 0 Å². The quantitative estimate of drug-likeness (QED) is 0.840. The summed E-state index contributed by atoms with van der Waals surface area (Å²) in [5, 5.41) is 0. The summed E-state index contributed by atoms with van der Waals surface area (Å²) in [4.78, 5) is 29.0. The number of benzene rings is 1. The van der Waals surface area contributed by atoms with Crippen LogP contribution in [0.15, 0.2) is 18.2 Å². The van der Waals surface area contributed by atoms with Gasteiger partial charge in [-0.1, -0.05) is 0 Å². The normalized spacial score (nSPS) is 23.7. The smallest absolute Gasteiger partial charge is 0.228 e. The summed E-state index contributed by atoms with van der Waals surface area (Å²) in [6.45, 7) is 3.30. The number of ether oxygens (including phenoxy) is 2. The van der Waals surface area contributed by atoms with Gasteiger partial charge in [0.1, 0.15) is 11.5 Å². The zero-order valence-corrected chi connectivity index (χ0v) is 15.2. The summed E-state index contributed by atoms with van der Waals surface area (Å²) in [6.07, 6.45) is 3.52. The molecule has 0 spiro atoms. The largest absolute Gasteiger partial charge is 0.497 e. The number of nitrogens with zero attached hydrogens (tertiary/aromatic N) is 2. The topological polar surface area (TPSA) is 59.1 Å². The van der Waals surface area contributed by atoms with Gasteiger partial charge < -0.3 is 19.3 Å². The Morgan fingerprint density at radius 1 is 1.20 bits per heavy atom. The first-order valence-electron chi connectivity index (χ1n) is 8.88. The molecule has 2 amide bonds. The highest BCUT2D eigenvalue weighted by Crippen LogP contribution is 2.36. The molecule has 2 atom stereocenters. The van der Waals surface area contributed by atoms with Crippen LogP contribution in [-0.4, -0.2) is 50.1 Å². The van der Waals surface area contributed by atoms with Crippen molar-refractivity contribution in [3.8, 4) is 11.5 Å². The molecule has 1 aromatic rings. The molecule has 6 heteroatoms. The third kappa shape index (κ3) is 3.43. The number of methoxy groups -OCH3 is 2. The molecule has 0 radical (unpaired) electrons. The van der Waals surface area contributed by atoms with Crippen LogP contribution in [0.25, 0.3) is 0 Å². The molecule has 3 rings (SSSR count). The number of carbonyl (C=O) groups excluding carboxylic acids is 2. The number of carbonyl (C=O) groups is 2. The van der Waals surface area contributed by atoms with Crippen molar-refractivity contribution in [2.75, 3.05) is 32.2 Å². The molecule has 0 N–H and O–H groups in total. The van der Waals surface area contributed by atoms with Crippen molar-refractivity contribution in [3.63, 3.8) is 0 Å². The lowest BCUT2D eigenvalue weighted by Crippen LogP contribution is -2.45. The second kappa shape index (κ2) is 7.33. The first-order valence-corrected chi connectivity index (χ1v) is 8.88. The molecule has 2 aliphatic heterocycles. The summed E-state index contributed by atoms with van der Waals surface area (Å²) in [5.41, 5.74) is 0.690. The Morgan fingerprint density at radius 2 is 2.00 bits per heavy atom. The average molecular weight is 346 g/mol. The minimum absolute atomic E-state index is 0.0357. The highest BCUT2D eigenvalue weighted by atomic mass is 16.5. The Bertz CT molecular complexity index is 661. The zero-order chi connectivity index (χ0) is 18.0. The second-order valence-electron chi connectivity index (χ2n) is 6.82. The summed E-state index contributed by atoms with van der Waals surface area (Å²) in [5.74, 6) is 1.04. The number of anilines is 1. The SMILES string of the molecule is COc1ccc(N2C[C@@H](C(=O)N3CCCC[C@H]3C)CC2=O)c(OC)c1. The van der Waals surface area contributed by atoms with Crippen LogP contribution in [-0.2, 0) is 9.59 Å². The molecule has 6 nitrogen and oxygen atoms in total. The van der Waals surface area contributed by atoms with E-state index in [9.17, 15) is 9.59 Å². The summed E-state index contributed by atoms with van der Waals surface area (Å²) in [7, 11) is 3.15. The minimum Gasteiger partial charge on any atom is -0.497 e.